The Bertz CT molecular complexity index is 675. The summed E-state index contributed by atoms with van der Waals surface area (Å²) in [5.41, 5.74) is 6.86. The Labute approximate surface area is 121 Å². The lowest BCUT2D eigenvalue weighted by atomic mass is 10.1. The van der Waals surface area contributed by atoms with Crippen molar-refractivity contribution >= 4 is 17.5 Å². The maximum absolute atomic E-state index is 10.9. The van der Waals surface area contributed by atoms with E-state index in [-0.39, 0.29) is 6.61 Å². The van der Waals surface area contributed by atoms with Crippen molar-refractivity contribution in [2.24, 2.45) is 5.73 Å². The van der Waals surface area contributed by atoms with E-state index in [1.807, 2.05) is 6.07 Å². The molecule has 2 aromatic carbocycles. The van der Waals surface area contributed by atoms with Gasteiger partial charge in [0.05, 0.1) is 11.6 Å². The lowest BCUT2D eigenvalue weighted by Crippen LogP contribution is -2.10. The van der Waals surface area contributed by atoms with E-state index in [2.05, 4.69) is 0 Å². The van der Waals surface area contributed by atoms with Crippen molar-refractivity contribution in [1.82, 2.24) is 0 Å². The van der Waals surface area contributed by atoms with Gasteiger partial charge in [-0.2, -0.15) is 5.26 Å². The first-order valence-electron chi connectivity index (χ1n) is 5.81. The molecule has 0 aliphatic rings. The molecule has 0 bridgehead atoms. The minimum Gasteiger partial charge on any atom is -0.489 e. The van der Waals surface area contributed by atoms with Crippen LogP contribution in [-0.2, 0) is 6.61 Å². The number of carbonyl (C=O) groups is 1. The van der Waals surface area contributed by atoms with Crippen molar-refractivity contribution in [1.29, 1.82) is 5.26 Å². The van der Waals surface area contributed by atoms with Gasteiger partial charge >= 0.3 is 0 Å². The number of ether oxygens (including phenoxy) is 1. The monoisotopic (exact) mass is 286 g/mol. The van der Waals surface area contributed by atoms with Crippen molar-refractivity contribution in [3.63, 3.8) is 0 Å². The Kier molecular flexibility index (Phi) is 4.24. The molecule has 0 aliphatic heterocycles. The number of hydrogen-bond acceptors (Lipinski definition) is 3. The van der Waals surface area contributed by atoms with Gasteiger partial charge in [0.15, 0.2) is 0 Å². The highest BCUT2D eigenvalue weighted by atomic mass is 35.5. The zero-order chi connectivity index (χ0) is 14.5. The molecular weight excluding hydrogens is 276 g/mol. The summed E-state index contributed by atoms with van der Waals surface area (Å²) in [5, 5.41) is 9.24. The molecule has 4 nitrogen and oxygen atoms in total. The molecular formula is C15H11ClN2O2. The van der Waals surface area contributed by atoms with Crippen LogP contribution in [0.4, 0.5) is 0 Å². The van der Waals surface area contributed by atoms with Crippen LogP contribution in [0.3, 0.4) is 0 Å². The highest BCUT2D eigenvalue weighted by Crippen LogP contribution is 2.20. The van der Waals surface area contributed by atoms with Gasteiger partial charge in [-0.3, -0.25) is 4.79 Å². The van der Waals surface area contributed by atoms with E-state index >= 15 is 0 Å². The van der Waals surface area contributed by atoms with Gasteiger partial charge in [0.25, 0.3) is 0 Å². The summed E-state index contributed by atoms with van der Waals surface area (Å²) in [6.45, 7) is 0.278. The molecule has 0 saturated heterocycles. The van der Waals surface area contributed by atoms with E-state index < -0.39 is 5.91 Å². The average Bonchev–Trinajstić information content (AvgIpc) is 2.46. The zero-order valence-electron chi connectivity index (χ0n) is 10.5. The molecule has 5 heteroatoms. The summed E-state index contributed by atoms with van der Waals surface area (Å²) in [7, 11) is 0. The topological polar surface area (TPSA) is 76.1 Å². The van der Waals surface area contributed by atoms with Crippen LogP contribution in [0.2, 0.25) is 5.02 Å². The predicted molar refractivity (Wildman–Crippen MR) is 75.5 cm³/mol. The second kappa shape index (κ2) is 6.09. The smallest absolute Gasteiger partial charge is 0.248 e. The van der Waals surface area contributed by atoms with Gasteiger partial charge < -0.3 is 10.5 Å². The van der Waals surface area contributed by atoms with Crippen LogP contribution < -0.4 is 10.5 Å². The second-order valence-electron chi connectivity index (χ2n) is 4.10. The van der Waals surface area contributed by atoms with Crippen LogP contribution in [0.15, 0.2) is 42.5 Å². The van der Waals surface area contributed by atoms with Gasteiger partial charge in [-0.25, -0.2) is 0 Å². The molecule has 0 saturated carbocycles. The lowest BCUT2D eigenvalue weighted by Gasteiger charge is -2.08. The van der Waals surface area contributed by atoms with Gasteiger partial charge in [0, 0.05) is 16.1 Å². The fraction of sp³-hybridized carbons (Fsp3) is 0.0667. The summed E-state index contributed by atoms with van der Waals surface area (Å²) >= 11 is 6.05. The number of nitriles is 1. The number of benzene rings is 2. The second-order valence-corrected chi connectivity index (χ2v) is 4.50. The highest BCUT2D eigenvalue weighted by Gasteiger charge is 2.04. The zero-order valence-corrected chi connectivity index (χ0v) is 11.2. The van der Waals surface area contributed by atoms with Crippen molar-refractivity contribution in [2.75, 3.05) is 0 Å². The van der Waals surface area contributed by atoms with Gasteiger partial charge in [0.2, 0.25) is 5.91 Å². The summed E-state index contributed by atoms with van der Waals surface area (Å²) in [6.07, 6.45) is 0. The molecule has 0 aliphatic carbocycles. The van der Waals surface area contributed by atoms with E-state index in [0.717, 1.165) is 5.56 Å². The SMILES string of the molecule is N#Cc1ccc(COc2ccc(C(N)=O)cc2)c(Cl)c1. The summed E-state index contributed by atoms with van der Waals surface area (Å²) in [4.78, 5) is 10.9. The van der Waals surface area contributed by atoms with Crippen LogP contribution in [0.1, 0.15) is 21.5 Å². The quantitative estimate of drug-likeness (QED) is 0.939. The molecule has 0 unspecified atom stereocenters. The lowest BCUT2D eigenvalue weighted by molar-refractivity contribution is 0.100. The highest BCUT2D eigenvalue weighted by molar-refractivity contribution is 6.31. The van der Waals surface area contributed by atoms with Gasteiger partial charge in [-0.1, -0.05) is 17.7 Å². The Morgan fingerprint density at radius 2 is 1.95 bits per heavy atom. The van der Waals surface area contributed by atoms with Crippen molar-refractivity contribution < 1.29 is 9.53 Å². The predicted octanol–water partition coefficient (Wildman–Crippen LogP) is 2.89. The van der Waals surface area contributed by atoms with Crippen molar-refractivity contribution in [3.05, 3.63) is 64.2 Å². The fourth-order valence-electron chi connectivity index (χ4n) is 1.61. The van der Waals surface area contributed by atoms with Crippen LogP contribution in [0.5, 0.6) is 5.75 Å². The van der Waals surface area contributed by atoms with E-state index in [4.69, 9.17) is 27.3 Å². The van der Waals surface area contributed by atoms with E-state index in [1.165, 1.54) is 0 Å². The number of amides is 1. The molecule has 2 aromatic rings. The number of primary amides is 1. The van der Waals surface area contributed by atoms with Crippen LogP contribution >= 0.6 is 11.6 Å². The first-order chi connectivity index (χ1) is 9.60. The summed E-state index contributed by atoms with van der Waals surface area (Å²) < 4.78 is 5.56. The van der Waals surface area contributed by atoms with Crippen molar-refractivity contribution in [3.8, 4) is 11.8 Å². The van der Waals surface area contributed by atoms with Crippen LogP contribution in [0, 0.1) is 11.3 Å². The molecule has 0 heterocycles. The normalized spacial score (nSPS) is 9.80. The molecule has 0 atom stereocenters. The van der Waals surface area contributed by atoms with Crippen molar-refractivity contribution in [2.45, 2.75) is 6.61 Å². The Morgan fingerprint density at radius 3 is 2.50 bits per heavy atom. The third kappa shape index (κ3) is 3.28. The minimum absolute atomic E-state index is 0.278. The first-order valence-corrected chi connectivity index (χ1v) is 6.19. The molecule has 2 N–H and O–H groups in total. The number of carbonyl (C=O) groups excluding carboxylic acids is 1. The van der Waals surface area contributed by atoms with Gasteiger partial charge in [-0.15, -0.1) is 0 Å². The molecule has 0 spiro atoms. The molecule has 0 fully saturated rings. The van der Waals surface area contributed by atoms with Gasteiger partial charge in [0.1, 0.15) is 12.4 Å². The summed E-state index contributed by atoms with van der Waals surface area (Å²) in [5.74, 6) is 0.127. The van der Waals surface area contributed by atoms with Crippen LogP contribution in [-0.4, -0.2) is 5.91 Å². The number of rotatable bonds is 4. The average molecular weight is 287 g/mol. The molecule has 1 amide bonds. The molecule has 2 rings (SSSR count). The molecule has 0 aromatic heterocycles. The number of nitrogens with zero attached hydrogens (tertiary/aromatic N) is 1. The largest absolute Gasteiger partial charge is 0.489 e. The Balaban J connectivity index is 2.05. The third-order valence-electron chi connectivity index (χ3n) is 2.72. The number of hydrogen-bond donors (Lipinski definition) is 1. The van der Waals surface area contributed by atoms with Gasteiger partial charge in [-0.05, 0) is 36.4 Å². The minimum atomic E-state index is -0.480. The molecule has 0 radical (unpaired) electrons. The molecule has 20 heavy (non-hydrogen) atoms. The van der Waals surface area contributed by atoms with E-state index in [9.17, 15) is 4.79 Å². The number of halogens is 1. The Hall–Kier alpha value is -2.51. The third-order valence-corrected chi connectivity index (χ3v) is 3.07. The van der Waals surface area contributed by atoms with E-state index in [0.29, 0.717) is 21.9 Å². The fourth-order valence-corrected chi connectivity index (χ4v) is 1.85. The standard InChI is InChI=1S/C15H11ClN2O2/c16-14-7-10(8-17)1-2-12(14)9-20-13-5-3-11(4-6-13)15(18)19/h1-7H,9H2,(H2,18,19). The maximum Gasteiger partial charge on any atom is 0.248 e. The first kappa shape index (κ1) is 13.9. The Morgan fingerprint density at radius 1 is 1.25 bits per heavy atom. The number of nitrogens with two attached hydrogens (primary N) is 1. The maximum atomic E-state index is 10.9. The van der Waals surface area contributed by atoms with E-state index in [1.54, 1.807) is 42.5 Å². The van der Waals surface area contributed by atoms with Crippen LogP contribution in [0.25, 0.3) is 0 Å². The summed E-state index contributed by atoms with van der Waals surface area (Å²) in [6, 6.07) is 13.6. The molecule has 100 valence electrons.